The van der Waals surface area contributed by atoms with Crippen LogP contribution in [0.25, 0.3) is 12.2 Å². The van der Waals surface area contributed by atoms with Gasteiger partial charge in [-0.05, 0) is 35.0 Å². The van der Waals surface area contributed by atoms with Crippen molar-refractivity contribution in [2.24, 2.45) is 0 Å². The molecule has 0 N–H and O–H groups in total. The minimum absolute atomic E-state index is 1.28. The summed E-state index contributed by atoms with van der Waals surface area (Å²) in [6.07, 6.45) is 12.4. The molecule has 80 valence electrons. The van der Waals surface area contributed by atoms with Gasteiger partial charge < -0.3 is 0 Å². The minimum atomic E-state index is 1.28. The monoisotopic (exact) mass is 244 g/mol. The molecule has 0 fully saturated rings. The second-order valence-corrected chi connectivity index (χ2v) is 5.09. The molecule has 2 aromatic heterocycles. The number of rotatable bonds is 4. The van der Waals surface area contributed by atoms with E-state index < -0.39 is 0 Å². The van der Waals surface area contributed by atoms with Crippen molar-refractivity contribution in [3.8, 4) is 0 Å². The van der Waals surface area contributed by atoms with Crippen molar-refractivity contribution in [2.75, 3.05) is 0 Å². The third-order valence-corrected chi connectivity index (χ3v) is 3.62. The Kier molecular flexibility index (Phi) is 4.35. The Bertz CT molecular complexity index is 425. The lowest BCUT2D eigenvalue weighted by atomic mass is 10.3. The summed E-state index contributed by atoms with van der Waals surface area (Å²) in [7, 11) is 0. The first kappa shape index (κ1) is 11.1. The van der Waals surface area contributed by atoms with E-state index in [1.54, 1.807) is 22.7 Å². The number of thiophene rings is 2. The van der Waals surface area contributed by atoms with Crippen LogP contribution in [0.3, 0.4) is 0 Å². The van der Waals surface area contributed by atoms with Gasteiger partial charge >= 0.3 is 0 Å². The standard InChI is InChI=1S/C14H12S2/c1(3-7-13-9-5-11-15-13)2-4-8-14-10-6-12-16-14/h1-12H/b2-1+,7-3-,8-4+. The van der Waals surface area contributed by atoms with Crippen molar-refractivity contribution >= 4 is 34.8 Å². The molecule has 0 saturated heterocycles. The molecule has 2 rings (SSSR count). The summed E-state index contributed by atoms with van der Waals surface area (Å²) in [6.45, 7) is 0. The van der Waals surface area contributed by atoms with Gasteiger partial charge in [-0.3, -0.25) is 0 Å². The van der Waals surface area contributed by atoms with Crippen LogP contribution in [0.15, 0.2) is 59.3 Å². The first-order valence-electron chi connectivity index (χ1n) is 5.03. The van der Waals surface area contributed by atoms with E-state index in [1.807, 2.05) is 12.2 Å². The molecule has 0 aliphatic heterocycles. The quantitative estimate of drug-likeness (QED) is 0.657. The summed E-state index contributed by atoms with van der Waals surface area (Å²) < 4.78 is 0. The maximum atomic E-state index is 2.11. The van der Waals surface area contributed by atoms with Crippen LogP contribution in [0.1, 0.15) is 9.75 Å². The topological polar surface area (TPSA) is 0 Å². The fourth-order valence-electron chi connectivity index (χ4n) is 1.20. The number of allylic oxidation sites excluding steroid dienone is 4. The lowest BCUT2D eigenvalue weighted by Crippen LogP contribution is -1.56. The second-order valence-electron chi connectivity index (χ2n) is 3.13. The summed E-state index contributed by atoms with van der Waals surface area (Å²) in [5.41, 5.74) is 0. The molecule has 0 atom stereocenters. The molecule has 0 unspecified atom stereocenters. The van der Waals surface area contributed by atoms with E-state index in [-0.39, 0.29) is 0 Å². The fourth-order valence-corrected chi connectivity index (χ4v) is 2.46. The largest absolute Gasteiger partial charge is 0.144 e. The lowest BCUT2D eigenvalue weighted by Gasteiger charge is -1.80. The second kappa shape index (κ2) is 6.26. The summed E-state index contributed by atoms with van der Waals surface area (Å²) >= 11 is 3.50. The molecule has 2 aromatic rings. The zero-order valence-electron chi connectivity index (χ0n) is 8.74. The summed E-state index contributed by atoms with van der Waals surface area (Å²) in [5, 5.41) is 4.17. The van der Waals surface area contributed by atoms with Gasteiger partial charge in [0.15, 0.2) is 0 Å². The van der Waals surface area contributed by atoms with E-state index in [4.69, 9.17) is 0 Å². The zero-order valence-corrected chi connectivity index (χ0v) is 10.4. The maximum absolute atomic E-state index is 2.11. The van der Waals surface area contributed by atoms with Crippen LogP contribution in [0.5, 0.6) is 0 Å². The van der Waals surface area contributed by atoms with Gasteiger partial charge in [-0.15, -0.1) is 22.7 Å². The van der Waals surface area contributed by atoms with Gasteiger partial charge in [0.05, 0.1) is 0 Å². The average molecular weight is 244 g/mol. The summed E-state index contributed by atoms with van der Waals surface area (Å²) in [4.78, 5) is 2.57. The van der Waals surface area contributed by atoms with Crippen LogP contribution in [0.2, 0.25) is 0 Å². The highest BCUT2D eigenvalue weighted by Crippen LogP contribution is 2.11. The molecule has 16 heavy (non-hydrogen) atoms. The third kappa shape index (κ3) is 3.65. The molecule has 2 heterocycles. The first-order valence-corrected chi connectivity index (χ1v) is 6.79. The van der Waals surface area contributed by atoms with Crippen molar-refractivity contribution in [3.05, 3.63) is 69.1 Å². The molecule has 0 aliphatic rings. The SMILES string of the molecule is C(=C/c1cccs1)/C=C/C=C/c1cccs1. The predicted octanol–water partition coefficient (Wildman–Crippen LogP) is 5.09. The van der Waals surface area contributed by atoms with Crippen molar-refractivity contribution in [3.63, 3.8) is 0 Å². The molecule has 0 nitrogen and oxygen atoms in total. The van der Waals surface area contributed by atoms with Gasteiger partial charge in [-0.1, -0.05) is 36.4 Å². The van der Waals surface area contributed by atoms with E-state index >= 15 is 0 Å². The molecule has 0 radical (unpaired) electrons. The van der Waals surface area contributed by atoms with Crippen LogP contribution >= 0.6 is 22.7 Å². The Balaban J connectivity index is 1.82. The van der Waals surface area contributed by atoms with Gasteiger partial charge in [0.2, 0.25) is 0 Å². The van der Waals surface area contributed by atoms with Crippen LogP contribution in [0.4, 0.5) is 0 Å². The molecule has 0 amide bonds. The Morgan fingerprint density at radius 2 is 1.19 bits per heavy atom. The number of hydrogen-bond acceptors (Lipinski definition) is 2. The molecule has 0 saturated carbocycles. The van der Waals surface area contributed by atoms with Crippen LogP contribution in [-0.4, -0.2) is 0 Å². The van der Waals surface area contributed by atoms with Crippen molar-refractivity contribution in [2.45, 2.75) is 0 Å². The molecular weight excluding hydrogens is 232 g/mol. The molecule has 0 aliphatic carbocycles. The fraction of sp³-hybridized carbons (Fsp3) is 0. The van der Waals surface area contributed by atoms with E-state index in [1.165, 1.54) is 9.75 Å². The predicted molar refractivity (Wildman–Crippen MR) is 75.8 cm³/mol. The third-order valence-electron chi connectivity index (χ3n) is 1.94. The summed E-state index contributed by atoms with van der Waals surface area (Å²) in [5.74, 6) is 0. The first-order chi connectivity index (χ1) is 7.95. The van der Waals surface area contributed by atoms with Crippen LogP contribution in [0, 0.1) is 0 Å². The van der Waals surface area contributed by atoms with E-state index in [2.05, 4.69) is 59.3 Å². The molecule has 0 bridgehead atoms. The highest BCUT2D eigenvalue weighted by molar-refractivity contribution is 7.11. The van der Waals surface area contributed by atoms with E-state index in [9.17, 15) is 0 Å². The molecular formula is C14H12S2. The van der Waals surface area contributed by atoms with E-state index in [0.717, 1.165) is 0 Å². The Morgan fingerprint density at radius 1 is 0.688 bits per heavy atom. The normalized spacial score (nSPS) is 12.2. The Hall–Kier alpha value is -1.38. The Labute approximate surface area is 104 Å². The average Bonchev–Trinajstić information content (AvgIpc) is 2.96. The zero-order chi connectivity index (χ0) is 11.1. The van der Waals surface area contributed by atoms with Crippen molar-refractivity contribution < 1.29 is 0 Å². The van der Waals surface area contributed by atoms with Gasteiger partial charge in [0, 0.05) is 9.75 Å². The van der Waals surface area contributed by atoms with Gasteiger partial charge in [0.1, 0.15) is 0 Å². The van der Waals surface area contributed by atoms with Crippen molar-refractivity contribution in [1.82, 2.24) is 0 Å². The lowest BCUT2D eigenvalue weighted by molar-refractivity contribution is 1.90. The van der Waals surface area contributed by atoms with Gasteiger partial charge in [-0.25, -0.2) is 0 Å². The number of hydrogen-bond donors (Lipinski definition) is 0. The van der Waals surface area contributed by atoms with Crippen LogP contribution in [-0.2, 0) is 0 Å². The molecule has 0 spiro atoms. The maximum Gasteiger partial charge on any atom is 0.0270 e. The highest BCUT2D eigenvalue weighted by Gasteiger charge is 1.83. The molecule has 2 heteroatoms. The van der Waals surface area contributed by atoms with Crippen LogP contribution < -0.4 is 0 Å². The van der Waals surface area contributed by atoms with E-state index in [0.29, 0.717) is 0 Å². The highest BCUT2D eigenvalue weighted by atomic mass is 32.1. The smallest absolute Gasteiger partial charge is 0.0270 e. The molecule has 0 aromatic carbocycles. The Morgan fingerprint density at radius 3 is 1.56 bits per heavy atom. The van der Waals surface area contributed by atoms with Gasteiger partial charge in [0.25, 0.3) is 0 Å². The minimum Gasteiger partial charge on any atom is -0.144 e. The van der Waals surface area contributed by atoms with Crippen molar-refractivity contribution in [1.29, 1.82) is 0 Å². The summed E-state index contributed by atoms with van der Waals surface area (Å²) in [6, 6.07) is 8.34. The van der Waals surface area contributed by atoms with Gasteiger partial charge in [-0.2, -0.15) is 0 Å².